The summed E-state index contributed by atoms with van der Waals surface area (Å²) in [4.78, 5) is 62.9. The Bertz CT molecular complexity index is 4260. The first-order chi connectivity index (χ1) is 39.4. The highest BCUT2D eigenvalue weighted by Gasteiger charge is 2.29. The van der Waals surface area contributed by atoms with Crippen molar-refractivity contribution in [1.82, 2.24) is 68.2 Å². The van der Waals surface area contributed by atoms with E-state index in [1.807, 2.05) is 27.7 Å². The summed E-state index contributed by atoms with van der Waals surface area (Å²) >= 11 is 0. The van der Waals surface area contributed by atoms with Crippen LogP contribution in [0.5, 0.6) is 11.8 Å². The fourth-order valence-corrected chi connectivity index (χ4v) is 9.53. The van der Waals surface area contributed by atoms with Crippen molar-refractivity contribution in [2.24, 2.45) is 0 Å². The molecule has 0 radical (unpaired) electrons. The molecule has 0 saturated heterocycles. The van der Waals surface area contributed by atoms with Crippen molar-refractivity contribution in [2.75, 3.05) is 11.5 Å². The Balaban J connectivity index is 0.000000172. The second kappa shape index (κ2) is 21.6. The van der Waals surface area contributed by atoms with Crippen LogP contribution in [0.4, 0.5) is 29.2 Å². The number of benzene rings is 2. The van der Waals surface area contributed by atoms with E-state index in [2.05, 4.69) is 29.9 Å². The lowest BCUT2D eigenvalue weighted by Gasteiger charge is -2.18. The summed E-state index contributed by atoms with van der Waals surface area (Å²) in [5.74, 6) is -0.952. The number of rotatable bonds is 12. The molecule has 20 nitrogen and oxygen atoms in total. The van der Waals surface area contributed by atoms with E-state index in [-0.39, 0.29) is 46.3 Å². The number of ether oxygens (including phenoxy) is 2. The van der Waals surface area contributed by atoms with E-state index in [0.29, 0.717) is 78.9 Å². The number of nitrogens with two attached hydrogens (primary N) is 2. The summed E-state index contributed by atoms with van der Waals surface area (Å²) in [6.07, 6.45) is 7.91. The lowest BCUT2D eigenvalue weighted by molar-refractivity contribution is 0.232. The highest BCUT2D eigenvalue weighted by Crippen LogP contribution is 2.37. The molecule has 0 spiro atoms. The van der Waals surface area contributed by atoms with Crippen LogP contribution in [0, 0.1) is 23.3 Å². The number of pyridine rings is 4. The Morgan fingerprint density at radius 2 is 0.890 bits per heavy atom. The van der Waals surface area contributed by atoms with Gasteiger partial charge in [-0.15, -0.1) is 0 Å². The van der Waals surface area contributed by atoms with E-state index >= 15 is 0 Å². The third kappa shape index (κ3) is 10.1. The molecule has 2 atom stereocenters. The van der Waals surface area contributed by atoms with Crippen LogP contribution in [-0.4, -0.2) is 80.4 Å². The van der Waals surface area contributed by atoms with Crippen LogP contribution < -0.4 is 32.1 Å². The molecule has 4 N–H and O–H groups in total. The molecule has 0 saturated carbocycles. The van der Waals surface area contributed by atoms with Gasteiger partial charge in [0.25, 0.3) is 11.1 Å². The average molecular weight is 1110 g/mol. The number of hydrogen-bond donors (Lipinski definition) is 2. The predicted molar refractivity (Wildman–Crippen MR) is 299 cm³/mol. The van der Waals surface area contributed by atoms with Crippen LogP contribution in [0.1, 0.15) is 65.0 Å². The van der Waals surface area contributed by atoms with Gasteiger partial charge in [0.2, 0.25) is 11.8 Å². The van der Waals surface area contributed by atoms with Gasteiger partial charge in [-0.3, -0.25) is 18.4 Å². The molecule has 10 heterocycles. The molecular formula is C58H48F4N16O4. The number of nitrogen functional groups attached to an aromatic ring is 2. The standard InChI is InChI=1S/2C29H24F2N8O2/c2*1-15(2)41-22-10-7-18(12-33-22)26-24-27(32)34-14-35-28(24)39(37-26)16(3)25-23(17-5-4-6-19(30)11-17)29(40)38-13-20(31)8-9-21(38)36-25/h2*4-16H,1-3H3,(H2,32,34,35)/t2*16-/m10/s1. The third-order valence-corrected chi connectivity index (χ3v) is 13.1. The number of hydrogen-bond acceptors (Lipinski definition) is 16. The van der Waals surface area contributed by atoms with Crippen molar-refractivity contribution in [2.45, 2.75) is 65.8 Å². The van der Waals surface area contributed by atoms with Gasteiger partial charge < -0.3 is 20.9 Å². The number of halogens is 4. The second-order valence-corrected chi connectivity index (χ2v) is 19.5. The molecule has 0 unspecified atom stereocenters. The summed E-state index contributed by atoms with van der Waals surface area (Å²) in [5, 5.41) is 10.7. The first-order valence-electron chi connectivity index (χ1n) is 25.6. The van der Waals surface area contributed by atoms with E-state index in [1.54, 1.807) is 72.0 Å². The van der Waals surface area contributed by atoms with Crippen LogP contribution in [0.2, 0.25) is 0 Å². The quantitative estimate of drug-likeness (QED) is 0.108. The summed E-state index contributed by atoms with van der Waals surface area (Å²) < 4.78 is 73.5. The summed E-state index contributed by atoms with van der Waals surface area (Å²) in [7, 11) is 0. The normalized spacial score (nSPS) is 12.3. The molecule has 12 aromatic rings. The molecule has 82 heavy (non-hydrogen) atoms. The molecular weight excluding hydrogens is 1060 g/mol. The summed E-state index contributed by atoms with van der Waals surface area (Å²) in [6.45, 7) is 11.2. The van der Waals surface area contributed by atoms with Crippen molar-refractivity contribution in [3.63, 3.8) is 0 Å². The van der Waals surface area contributed by atoms with Crippen LogP contribution in [0.15, 0.2) is 144 Å². The zero-order chi connectivity index (χ0) is 57.7. The van der Waals surface area contributed by atoms with Gasteiger partial charge in [-0.25, -0.2) is 66.8 Å². The SMILES string of the molecule is CC(C)Oc1ccc(-c2nn([C@@H](C)c3nc4ccc(F)cn4c(=O)c3-c3cccc(F)c3)c3ncnc(N)c23)cn1.CC(C)Oc1ccc(-c2nn([C@H](C)c3nc4ccc(F)cn4c(=O)c3-c3cccc(F)c3)c3ncnc(N)c23)cn1. The van der Waals surface area contributed by atoms with E-state index in [0.717, 1.165) is 21.2 Å². The average Bonchev–Trinajstić information content (AvgIpc) is 2.36. The van der Waals surface area contributed by atoms with E-state index < -0.39 is 46.5 Å². The van der Waals surface area contributed by atoms with Crippen molar-refractivity contribution in [1.29, 1.82) is 0 Å². The molecule has 2 aromatic carbocycles. The van der Waals surface area contributed by atoms with Gasteiger partial charge >= 0.3 is 0 Å². The minimum absolute atomic E-state index is 0.0411. The summed E-state index contributed by atoms with van der Waals surface area (Å²) in [5.41, 5.74) is 16.3. The molecule has 12 rings (SSSR count). The Morgan fingerprint density at radius 1 is 0.476 bits per heavy atom. The molecule has 0 fully saturated rings. The van der Waals surface area contributed by atoms with Gasteiger partial charge in [-0.2, -0.15) is 10.2 Å². The molecule has 10 aromatic heterocycles. The molecule has 0 bridgehead atoms. The number of fused-ring (bicyclic) bond motifs is 4. The van der Waals surface area contributed by atoms with E-state index in [1.165, 1.54) is 73.3 Å². The van der Waals surface area contributed by atoms with Crippen molar-refractivity contribution in [3.8, 4) is 56.5 Å². The van der Waals surface area contributed by atoms with E-state index in [9.17, 15) is 27.2 Å². The lowest BCUT2D eigenvalue weighted by Crippen LogP contribution is -2.23. The highest BCUT2D eigenvalue weighted by atomic mass is 19.1. The molecule has 0 amide bonds. The maximum Gasteiger partial charge on any atom is 0.266 e. The van der Waals surface area contributed by atoms with Crippen molar-refractivity contribution in [3.05, 3.63) is 190 Å². The number of aromatic nitrogens is 14. The van der Waals surface area contributed by atoms with Gasteiger partial charge in [-0.1, -0.05) is 24.3 Å². The smallest absolute Gasteiger partial charge is 0.266 e. The second-order valence-electron chi connectivity index (χ2n) is 19.5. The zero-order valence-corrected chi connectivity index (χ0v) is 44.6. The number of anilines is 2. The lowest BCUT2D eigenvalue weighted by atomic mass is 10.0. The van der Waals surface area contributed by atoms with Gasteiger partial charge in [0, 0.05) is 48.0 Å². The monoisotopic (exact) mass is 1110 g/mol. The van der Waals surface area contributed by atoms with Crippen LogP contribution in [0.3, 0.4) is 0 Å². The zero-order valence-electron chi connectivity index (χ0n) is 44.6. The van der Waals surface area contributed by atoms with Gasteiger partial charge in [0.1, 0.15) is 70.2 Å². The van der Waals surface area contributed by atoms with E-state index in [4.69, 9.17) is 41.1 Å². The van der Waals surface area contributed by atoms with Crippen LogP contribution in [0.25, 0.3) is 78.1 Å². The topological polar surface area (TPSA) is 252 Å². The minimum Gasteiger partial charge on any atom is -0.475 e. The summed E-state index contributed by atoms with van der Waals surface area (Å²) in [6, 6.07) is 22.1. The first-order valence-corrected chi connectivity index (χ1v) is 25.6. The van der Waals surface area contributed by atoms with Crippen molar-refractivity contribution < 1.29 is 27.0 Å². The Kier molecular flexibility index (Phi) is 14.1. The Hall–Kier alpha value is -10.5. The molecule has 0 aliphatic carbocycles. The maximum atomic E-state index is 14.3. The highest BCUT2D eigenvalue weighted by molar-refractivity contribution is 5.99. The van der Waals surface area contributed by atoms with Crippen LogP contribution >= 0.6 is 0 Å². The van der Waals surface area contributed by atoms with Gasteiger partial charge in [-0.05, 0) is 113 Å². The molecule has 412 valence electrons. The fourth-order valence-electron chi connectivity index (χ4n) is 9.53. The fraction of sp³-hybridized carbons (Fsp3) is 0.172. The minimum atomic E-state index is -0.696. The molecule has 24 heteroatoms. The van der Waals surface area contributed by atoms with Gasteiger partial charge in [0.15, 0.2) is 11.3 Å². The van der Waals surface area contributed by atoms with Crippen molar-refractivity contribution >= 4 is 45.0 Å². The predicted octanol–water partition coefficient (Wildman–Crippen LogP) is 9.64. The molecule has 0 aliphatic rings. The largest absolute Gasteiger partial charge is 0.475 e. The van der Waals surface area contributed by atoms with Crippen LogP contribution in [-0.2, 0) is 0 Å². The number of nitrogens with zero attached hydrogens (tertiary/aromatic N) is 14. The third-order valence-electron chi connectivity index (χ3n) is 13.1. The maximum absolute atomic E-state index is 14.3. The first kappa shape index (κ1) is 53.5. The Labute approximate surface area is 462 Å². The Morgan fingerprint density at radius 3 is 1.26 bits per heavy atom. The molecule has 0 aliphatic heterocycles. The van der Waals surface area contributed by atoms with Gasteiger partial charge in [0.05, 0.1) is 57.6 Å².